The molecule has 3 unspecified atom stereocenters. The highest BCUT2D eigenvalue weighted by Gasteiger charge is 2.12. The minimum Gasteiger partial charge on any atom is -0.491 e. The number of rotatable bonds is 9. The lowest BCUT2D eigenvalue weighted by Crippen LogP contribution is -2.40. The van der Waals surface area contributed by atoms with Crippen LogP contribution < -0.4 is 10.1 Å². The van der Waals surface area contributed by atoms with Gasteiger partial charge in [-0.15, -0.1) is 0 Å². The van der Waals surface area contributed by atoms with Gasteiger partial charge in [0.25, 0.3) is 0 Å². The maximum Gasteiger partial charge on any atom is 0.119 e. The van der Waals surface area contributed by atoms with Crippen LogP contribution in [0.3, 0.4) is 0 Å². The Hall–Kier alpha value is -1.10. The van der Waals surface area contributed by atoms with Crippen molar-refractivity contribution in [1.29, 1.82) is 0 Å². The first kappa shape index (κ1) is 17.0. The number of aryl methyl sites for hydroxylation is 1. The SMILES string of the molecule is CCc1ccc(OCC(O)CNC(C)C(C)CO)cc1. The van der Waals surface area contributed by atoms with Crippen molar-refractivity contribution < 1.29 is 14.9 Å². The zero-order chi connectivity index (χ0) is 15.0. The minimum absolute atomic E-state index is 0.143. The molecule has 0 bridgehead atoms. The summed E-state index contributed by atoms with van der Waals surface area (Å²) in [6.07, 6.45) is 0.447. The van der Waals surface area contributed by atoms with Crippen LogP contribution >= 0.6 is 0 Å². The van der Waals surface area contributed by atoms with Gasteiger partial charge >= 0.3 is 0 Å². The Labute approximate surface area is 121 Å². The van der Waals surface area contributed by atoms with Gasteiger partial charge in [0.1, 0.15) is 18.5 Å². The van der Waals surface area contributed by atoms with Crippen LogP contribution in [0.2, 0.25) is 0 Å². The molecule has 0 fully saturated rings. The lowest BCUT2D eigenvalue weighted by atomic mass is 10.1. The van der Waals surface area contributed by atoms with Crippen molar-refractivity contribution in [3.63, 3.8) is 0 Å². The van der Waals surface area contributed by atoms with E-state index in [2.05, 4.69) is 12.2 Å². The monoisotopic (exact) mass is 281 g/mol. The molecule has 1 rings (SSSR count). The van der Waals surface area contributed by atoms with Gasteiger partial charge in [0, 0.05) is 19.2 Å². The number of ether oxygens (including phenoxy) is 1. The lowest BCUT2D eigenvalue weighted by Gasteiger charge is -2.21. The number of hydrogen-bond acceptors (Lipinski definition) is 4. The largest absolute Gasteiger partial charge is 0.491 e. The third-order valence-corrected chi connectivity index (χ3v) is 3.59. The van der Waals surface area contributed by atoms with Crippen LogP contribution in [-0.2, 0) is 6.42 Å². The summed E-state index contributed by atoms with van der Waals surface area (Å²) >= 11 is 0. The highest BCUT2D eigenvalue weighted by molar-refractivity contribution is 5.27. The predicted molar refractivity (Wildman–Crippen MR) is 81.0 cm³/mol. The normalized spacial score (nSPS) is 15.7. The van der Waals surface area contributed by atoms with Crippen molar-refractivity contribution in [2.45, 2.75) is 39.3 Å². The maximum absolute atomic E-state index is 9.86. The summed E-state index contributed by atoms with van der Waals surface area (Å²) in [5.74, 6) is 0.947. The second kappa shape index (κ2) is 8.95. The van der Waals surface area contributed by atoms with E-state index in [0.717, 1.165) is 12.2 Å². The predicted octanol–water partition coefficient (Wildman–Crippen LogP) is 1.60. The average molecular weight is 281 g/mol. The zero-order valence-corrected chi connectivity index (χ0v) is 12.7. The van der Waals surface area contributed by atoms with Crippen molar-refractivity contribution in [2.24, 2.45) is 5.92 Å². The third-order valence-electron chi connectivity index (χ3n) is 3.59. The fourth-order valence-corrected chi connectivity index (χ4v) is 1.75. The van der Waals surface area contributed by atoms with Gasteiger partial charge < -0.3 is 20.3 Å². The summed E-state index contributed by atoms with van der Waals surface area (Å²) in [5.41, 5.74) is 1.27. The van der Waals surface area contributed by atoms with E-state index in [1.165, 1.54) is 5.56 Å². The van der Waals surface area contributed by atoms with Gasteiger partial charge in [-0.2, -0.15) is 0 Å². The van der Waals surface area contributed by atoms with Gasteiger partial charge in [0.05, 0.1) is 0 Å². The average Bonchev–Trinajstić information content (AvgIpc) is 2.50. The Bertz CT molecular complexity index is 366. The number of benzene rings is 1. The maximum atomic E-state index is 9.86. The van der Waals surface area contributed by atoms with Gasteiger partial charge in [0.15, 0.2) is 0 Å². The van der Waals surface area contributed by atoms with Gasteiger partial charge in [-0.05, 0) is 37.0 Å². The molecule has 0 saturated heterocycles. The molecule has 20 heavy (non-hydrogen) atoms. The smallest absolute Gasteiger partial charge is 0.119 e. The highest BCUT2D eigenvalue weighted by Crippen LogP contribution is 2.12. The second-order valence-corrected chi connectivity index (χ2v) is 5.32. The summed E-state index contributed by atoms with van der Waals surface area (Å²) in [6, 6.07) is 8.08. The van der Waals surface area contributed by atoms with E-state index < -0.39 is 6.10 Å². The quantitative estimate of drug-likeness (QED) is 0.643. The Morgan fingerprint density at radius 2 is 1.85 bits per heavy atom. The molecule has 4 nitrogen and oxygen atoms in total. The molecular weight excluding hydrogens is 254 g/mol. The number of aliphatic hydroxyl groups is 2. The van der Waals surface area contributed by atoms with Crippen LogP contribution in [0.4, 0.5) is 0 Å². The molecule has 0 heterocycles. The second-order valence-electron chi connectivity index (χ2n) is 5.32. The topological polar surface area (TPSA) is 61.7 Å². The molecule has 114 valence electrons. The molecule has 0 aromatic heterocycles. The minimum atomic E-state index is -0.561. The van der Waals surface area contributed by atoms with Crippen molar-refractivity contribution in [2.75, 3.05) is 19.8 Å². The molecule has 1 aromatic carbocycles. The summed E-state index contributed by atoms with van der Waals surface area (Å²) < 4.78 is 5.55. The first-order chi connectivity index (χ1) is 9.56. The fourth-order valence-electron chi connectivity index (χ4n) is 1.75. The fraction of sp³-hybridized carbons (Fsp3) is 0.625. The molecule has 4 heteroatoms. The Morgan fingerprint density at radius 3 is 2.40 bits per heavy atom. The summed E-state index contributed by atoms with van der Waals surface area (Å²) in [5, 5.41) is 22.1. The lowest BCUT2D eigenvalue weighted by molar-refractivity contribution is 0.0992. The standard InChI is InChI=1S/C16H27NO3/c1-4-14-5-7-16(8-6-14)20-11-15(19)9-17-13(3)12(2)10-18/h5-8,12-13,15,17-19H,4,9-11H2,1-3H3. The van der Waals surface area contributed by atoms with Crippen molar-refractivity contribution in [1.82, 2.24) is 5.32 Å². The molecule has 3 atom stereocenters. The molecule has 0 aliphatic rings. The number of nitrogens with one attached hydrogen (secondary N) is 1. The molecule has 3 N–H and O–H groups in total. The van der Waals surface area contributed by atoms with Crippen LogP contribution in [0.25, 0.3) is 0 Å². The summed E-state index contributed by atoms with van der Waals surface area (Å²) in [4.78, 5) is 0. The first-order valence-corrected chi connectivity index (χ1v) is 7.30. The van der Waals surface area contributed by atoms with Crippen LogP contribution in [0.5, 0.6) is 5.75 Å². The number of aliphatic hydroxyl groups excluding tert-OH is 2. The Balaban J connectivity index is 2.26. The molecule has 0 aliphatic heterocycles. The van der Waals surface area contributed by atoms with Crippen molar-refractivity contribution in [3.05, 3.63) is 29.8 Å². The van der Waals surface area contributed by atoms with Gasteiger partial charge in [-0.1, -0.05) is 26.0 Å². The van der Waals surface area contributed by atoms with Gasteiger partial charge in [0.2, 0.25) is 0 Å². The Morgan fingerprint density at radius 1 is 1.20 bits per heavy atom. The Kier molecular flexibility index (Phi) is 7.59. The summed E-state index contributed by atoms with van der Waals surface area (Å²) in [7, 11) is 0. The van der Waals surface area contributed by atoms with E-state index in [1.807, 2.05) is 38.1 Å². The van der Waals surface area contributed by atoms with Crippen LogP contribution in [0.1, 0.15) is 26.3 Å². The van der Waals surface area contributed by atoms with Gasteiger partial charge in [-0.25, -0.2) is 0 Å². The van der Waals surface area contributed by atoms with Crippen LogP contribution in [0.15, 0.2) is 24.3 Å². The first-order valence-electron chi connectivity index (χ1n) is 7.30. The van der Waals surface area contributed by atoms with Crippen LogP contribution in [-0.4, -0.2) is 42.1 Å². The highest BCUT2D eigenvalue weighted by atomic mass is 16.5. The van der Waals surface area contributed by atoms with Gasteiger partial charge in [-0.3, -0.25) is 0 Å². The van der Waals surface area contributed by atoms with Crippen molar-refractivity contribution >= 4 is 0 Å². The molecule has 0 radical (unpaired) electrons. The summed E-state index contributed by atoms with van der Waals surface area (Å²) in [6.45, 7) is 6.94. The third kappa shape index (κ3) is 5.90. The van der Waals surface area contributed by atoms with E-state index >= 15 is 0 Å². The van der Waals surface area contributed by atoms with E-state index in [-0.39, 0.29) is 25.2 Å². The zero-order valence-electron chi connectivity index (χ0n) is 12.7. The van der Waals surface area contributed by atoms with E-state index in [9.17, 15) is 5.11 Å². The molecular formula is C16H27NO3. The van der Waals surface area contributed by atoms with E-state index in [0.29, 0.717) is 6.54 Å². The molecule has 1 aromatic rings. The number of hydrogen-bond donors (Lipinski definition) is 3. The van der Waals surface area contributed by atoms with E-state index in [1.54, 1.807) is 0 Å². The molecule has 0 spiro atoms. The molecule has 0 saturated carbocycles. The van der Waals surface area contributed by atoms with Crippen molar-refractivity contribution in [3.8, 4) is 5.75 Å². The van der Waals surface area contributed by atoms with E-state index in [4.69, 9.17) is 9.84 Å². The molecule has 0 aliphatic carbocycles. The molecule has 0 amide bonds. The van der Waals surface area contributed by atoms with Crippen LogP contribution in [0, 0.1) is 5.92 Å².